The van der Waals surface area contributed by atoms with E-state index in [-0.39, 0.29) is 30.1 Å². The summed E-state index contributed by atoms with van der Waals surface area (Å²) < 4.78 is 24.5. The molecule has 2 heterocycles. The van der Waals surface area contributed by atoms with E-state index in [1.807, 2.05) is 12.1 Å². The zero-order chi connectivity index (χ0) is 21.1. The van der Waals surface area contributed by atoms with Crippen molar-refractivity contribution < 1.29 is 23.5 Å². The molecular formula is C23H25FN2O4. The fourth-order valence-corrected chi connectivity index (χ4v) is 4.29. The highest BCUT2D eigenvalue weighted by molar-refractivity contribution is 5.97. The zero-order valence-electron chi connectivity index (χ0n) is 16.9. The van der Waals surface area contributed by atoms with E-state index in [1.165, 1.54) is 12.1 Å². The van der Waals surface area contributed by atoms with E-state index in [1.54, 1.807) is 36.3 Å². The maximum absolute atomic E-state index is 13.9. The van der Waals surface area contributed by atoms with Gasteiger partial charge in [0.05, 0.1) is 18.6 Å². The molecule has 2 aliphatic rings. The second-order valence-electron chi connectivity index (χ2n) is 7.78. The zero-order valence-corrected chi connectivity index (χ0v) is 16.9. The molecule has 30 heavy (non-hydrogen) atoms. The Morgan fingerprint density at radius 3 is 2.60 bits per heavy atom. The number of anilines is 1. The van der Waals surface area contributed by atoms with Crippen LogP contribution >= 0.6 is 0 Å². The molecular weight excluding hydrogens is 387 g/mol. The van der Waals surface area contributed by atoms with Crippen LogP contribution in [0.5, 0.6) is 5.75 Å². The number of methoxy groups -OCH3 is 1. The molecule has 2 saturated heterocycles. The largest absolute Gasteiger partial charge is 0.497 e. The van der Waals surface area contributed by atoms with Crippen LogP contribution in [0.3, 0.4) is 0 Å². The Bertz CT molecular complexity index is 925. The monoisotopic (exact) mass is 412 g/mol. The molecule has 0 radical (unpaired) electrons. The minimum atomic E-state index is -0.850. The molecule has 2 aromatic carbocycles. The van der Waals surface area contributed by atoms with Crippen molar-refractivity contribution in [1.82, 2.24) is 5.32 Å². The molecule has 2 aromatic rings. The van der Waals surface area contributed by atoms with Crippen LogP contribution in [0.1, 0.15) is 24.8 Å². The first kappa shape index (κ1) is 20.3. The predicted octanol–water partition coefficient (Wildman–Crippen LogP) is 2.80. The molecule has 6 nitrogen and oxygen atoms in total. The highest BCUT2D eigenvalue weighted by Gasteiger charge is 2.44. The van der Waals surface area contributed by atoms with Crippen molar-refractivity contribution in [2.45, 2.75) is 30.7 Å². The van der Waals surface area contributed by atoms with Gasteiger partial charge in [-0.3, -0.25) is 9.59 Å². The van der Waals surface area contributed by atoms with Crippen molar-refractivity contribution in [3.05, 3.63) is 59.9 Å². The summed E-state index contributed by atoms with van der Waals surface area (Å²) in [6.45, 7) is 1.27. The van der Waals surface area contributed by atoms with E-state index in [0.29, 0.717) is 43.9 Å². The molecule has 0 saturated carbocycles. The summed E-state index contributed by atoms with van der Waals surface area (Å²) in [7, 11) is 1.59. The van der Waals surface area contributed by atoms with E-state index >= 15 is 0 Å². The van der Waals surface area contributed by atoms with Crippen LogP contribution in [-0.4, -0.2) is 44.7 Å². The Hall–Kier alpha value is -2.93. The fourth-order valence-electron chi connectivity index (χ4n) is 4.29. The number of hydrogen-bond acceptors (Lipinski definition) is 4. The maximum Gasteiger partial charge on any atom is 0.231 e. The number of rotatable bonds is 5. The molecule has 158 valence electrons. The van der Waals surface area contributed by atoms with Crippen molar-refractivity contribution in [1.29, 1.82) is 0 Å². The van der Waals surface area contributed by atoms with Gasteiger partial charge >= 0.3 is 0 Å². The maximum atomic E-state index is 13.9. The smallest absolute Gasteiger partial charge is 0.231 e. The van der Waals surface area contributed by atoms with Gasteiger partial charge in [-0.05, 0) is 54.8 Å². The second-order valence-corrected chi connectivity index (χ2v) is 7.78. The number of carbonyl (C=O) groups excluding carboxylic acids is 2. The van der Waals surface area contributed by atoms with Crippen LogP contribution in [0.25, 0.3) is 0 Å². The third-order valence-electron chi connectivity index (χ3n) is 6.00. The van der Waals surface area contributed by atoms with Crippen LogP contribution in [0.2, 0.25) is 0 Å². The Kier molecular flexibility index (Phi) is 5.72. The molecule has 4 rings (SSSR count). The van der Waals surface area contributed by atoms with Gasteiger partial charge in [-0.15, -0.1) is 0 Å². The topological polar surface area (TPSA) is 67.9 Å². The molecule has 7 heteroatoms. The van der Waals surface area contributed by atoms with Crippen molar-refractivity contribution in [2.75, 3.05) is 31.8 Å². The summed E-state index contributed by atoms with van der Waals surface area (Å²) in [5.74, 6) is 0.128. The number of benzene rings is 2. The molecule has 0 spiro atoms. The molecule has 2 amide bonds. The first-order valence-electron chi connectivity index (χ1n) is 10.1. The molecule has 1 unspecified atom stereocenters. The Labute approximate surface area is 175 Å². The Balaban J connectivity index is 1.51. The van der Waals surface area contributed by atoms with E-state index < -0.39 is 5.41 Å². The van der Waals surface area contributed by atoms with Crippen LogP contribution in [-0.2, 0) is 19.7 Å². The number of hydrogen-bond donors (Lipinski definition) is 1. The molecule has 2 fully saturated rings. The number of carbonyl (C=O) groups is 2. The first-order chi connectivity index (χ1) is 14.5. The van der Waals surface area contributed by atoms with Crippen molar-refractivity contribution in [3.63, 3.8) is 0 Å². The summed E-state index contributed by atoms with van der Waals surface area (Å²) in [4.78, 5) is 27.6. The highest BCUT2D eigenvalue weighted by atomic mass is 19.1. The van der Waals surface area contributed by atoms with Crippen LogP contribution in [0.4, 0.5) is 10.1 Å². The lowest BCUT2D eigenvalue weighted by Gasteiger charge is -2.37. The van der Waals surface area contributed by atoms with Gasteiger partial charge < -0.3 is 19.7 Å². The van der Waals surface area contributed by atoms with Gasteiger partial charge in [-0.2, -0.15) is 0 Å². The van der Waals surface area contributed by atoms with Crippen LogP contribution < -0.4 is 15.0 Å². The molecule has 1 atom stereocenters. The van der Waals surface area contributed by atoms with Gasteiger partial charge in [0.25, 0.3) is 0 Å². The summed E-state index contributed by atoms with van der Waals surface area (Å²) in [6.07, 6.45) is 1.18. The molecule has 0 aromatic heterocycles. The van der Waals surface area contributed by atoms with Crippen LogP contribution in [0.15, 0.2) is 48.5 Å². The molecule has 0 aliphatic carbocycles. The lowest BCUT2D eigenvalue weighted by molar-refractivity contribution is -0.131. The van der Waals surface area contributed by atoms with Crippen molar-refractivity contribution >= 4 is 17.5 Å². The van der Waals surface area contributed by atoms with Crippen molar-refractivity contribution in [2.24, 2.45) is 0 Å². The predicted molar refractivity (Wildman–Crippen MR) is 110 cm³/mol. The van der Waals surface area contributed by atoms with Gasteiger partial charge in [-0.25, -0.2) is 4.39 Å². The van der Waals surface area contributed by atoms with Crippen LogP contribution in [0, 0.1) is 5.82 Å². The number of amides is 2. The third kappa shape index (κ3) is 3.89. The summed E-state index contributed by atoms with van der Waals surface area (Å²) in [5.41, 5.74) is 0.569. The van der Waals surface area contributed by atoms with Gasteiger partial charge in [0.2, 0.25) is 11.8 Å². The average Bonchev–Trinajstić information content (AvgIpc) is 3.14. The van der Waals surface area contributed by atoms with Gasteiger partial charge in [-0.1, -0.05) is 12.1 Å². The second kappa shape index (κ2) is 8.44. The van der Waals surface area contributed by atoms with Gasteiger partial charge in [0.1, 0.15) is 11.6 Å². The Morgan fingerprint density at radius 2 is 1.93 bits per heavy atom. The quantitative estimate of drug-likeness (QED) is 0.820. The minimum absolute atomic E-state index is 0.0442. The Morgan fingerprint density at radius 1 is 1.20 bits per heavy atom. The standard InChI is InChI=1S/C23H25FN2O4/c1-29-20-7-5-19(6-8-20)26-15-18(14-21(26)27)25-22(28)23(9-11-30-12-10-23)16-3-2-4-17(24)13-16/h2-8,13,18H,9-12,14-15H2,1H3,(H,25,28). The van der Waals surface area contributed by atoms with Crippen molar-refractivity contribution in [3.8, 4) is 5.75 Å². The number of nitrogens with one attached hydrogen (secondary N) is 1. The number of ether oxygens (including phenoxy) is 2. The first-order valence-corrected chi connectivity index (χ1v) is 10.1. The average molecular weight is 412 g/mol. The normalized spacial score (nSPS) is 20.8. The summed E-state index contributed by atoms with van der Waals surface area (Å²) in [6, 6.07) is 13.2. The fraction of sp³-hybridized carbons (Fsp3) is 0.391. The SMILES string of the molecule is COc1ccc(N2CC(NC(=O)C3(c4cccc(F)c4)CCOCC3)CC2=O)cc1. The van der Waals surface area contributed by atoms with E-state index in [0.717, 1.165) is 5.69 Å². The minimum Gasteiger partial charge on any atom is -0.497 e. The van der Waals surface area contributed by atoms with E-state index in [2.05, 4.69) is 5.32 Å². The van der Waals surface area contributed by atoms with E-state index in [9.17, 15) is 14.0 Å². The highest BCUT2D eigenvalue weighted by Crippen LogP contribution is 2.36. The lowest BCUT2D eigenvalue weighted by Crippen LogP contribution is -2.51. The summed E-state index contributed by atoms with van der Waals surface area (Å²) >= 11 is 0. The number of nitrogens with zero attached hydrogens (tertiary/aromatic N) is 1. The molecule has 2 aliphatic heterocycles. The number of halogens is 1. The molecule has 0 bridgehead atoms. The van der Waals surface area contributed by atoms with Gasteiger partial charge in [0, 0.05) is 31.9 Å². The van der Waals surface area contributed by atoms with Gasteiger partial charge in [0.15, 0.2) is 0 Å². The van der Waals surface area contributed by atoms with E-state index in [4.69, 9.17) is 9.47 Å². The molecule has 1 N–H and O–H groups in total. The lowest BCUT2D eigenvalue weighted by atomic mass is 9.73. The third-order valence-corrected chi connectivity index (χ3v) is 6.00. The summed E-state index contributed by atoms with van der Waals surface area (Å²) in [5, 5.41) is 3.06.